The fourth-order valence-corrected chi connectivity index (χ4v) is 3.17. The lowest BCUT2D eigenvalue weighted by Crippen LogP contribution is -2.64. The summed E-state index contributed by atoms with van der Waals surface area (Å²) in [5, 5.41) is 0. The highest BCUT2D eigenvalue weighted by Gasteiger charge is 2.59. The predicted molar refractivity (Wildman–Crippen MR) is 84.6 cm³/mol. The minimum absolute atomic E-state index is 0.153. The molecule has 2 aliphatic heterocycles. The highest BCUT2D eigenvalue weighted by Crippen LogP contribution is 2.44. The molecule has 5 heteroatoms. The van der Waals surface area contributed by atoms with E-state index in [2.05, 4.69) is 20.4 Å². The van der Waals surface area contributed by atoms with Crippen LogP contribution >= 0.6 is 0 Å². The number of nitrogens with zero attached hydrogens (tertiary/aromatic N) is 1. The van der Waals surface area contributed by atoms with Gasteiger partial charge in [-0.05, 0) is 27.2 Å². The molecule has 0 saturated carbocycles. The van der Waals surface area contributed by atoms with Crippen molar-refractivity contribution in [1.29, 1.82) is 0 Å². The number of hydrogen-bond donors (Lipinski definition) is 0. The van der Waals surface area contributed by atoms with E-state index in [4.69, 9.17) is 14.2 Å². The average Bonchev–Trinajstić information content (AvgIpc) is 2.67. The fraction of sp³-hybridized carbons (Fsp3) is 0.824. The smallest absolute Gasteiger partial charge is 0.413 e. The van der Waals surface area contributed by atoms with Crippen molar-refractivity contribution in [3.05, 3.63) is 12.7 Å². The van der Waals surface area contributed by atoms with Crippen molar-refractivity contribution in [3.8, 4) is 0 Å². The highest BCUT2D eigenvalue weighted by atomic mass is 16.6. The molecular formula is C17H29NO4. The van der Waals surface area contributed by atoms with E-state index in [9.17, 15) is 4.79 Å². The molecule has 22 heavy (non-hydrogen) atoms. The maximum absolute atomic E-state index is 12.7. The first-order chi connectivity index (χ1) is 10.1. The summed E-state index contributed by atoms with van der Waals surface area (Å²) in [5.41, 5.74) is -1.49. The van der Waals surface area contributed by atoms with Crippen molar-refractivity contribution < 1.29 is 19.0 Å². The third-order valence-electron chi connectivity index (χ3n) is 4.53. The molecule has 5 nitrogen and oxygen atoms in total. The number of hydrogen-bond acceptors (Lipinski definition) is 4. The van der Waals surface area contributed by atoms with Gasteiger partial charge in [0.05, 0.1) is 25.4 Å². The molecule has 2 saturated heterocycles. The van der Waals surface area contributed by atoms with Crippen molar-refractivity contribution in [2.24, 2.45) is 5.41 Å². The summed E-state index contributed by atoms with van der Waals surface area (Å²) in [6.07, 6.45) is 2.07. The molecule has 3 atom stereocenters. The van der Waals surface area contributed by atoms with E-state index in [-0.39, 0.29) is 23.7 Å². The molecule has 0 aromatic heterocycles. The van der Waals surface area contributed by atoms with Crippen molar-refractivity contribution >= 4 is 6.09 Å². The molecule has 0 N–H and O–H groups in total. The third kappa shape index (κ3) is 2.88. The second kappa shape index (κ2) is 5.53. The van der Waals surface area contributed by atoms with Gasteiger partial charge in [-0.25, -0.2) is 4.79 Å². The largest absolute Gasteiger partial charge is 0.444 e. The van der Waals surface area contributed by atoms with Gasteiger partial charge in [0.1, 0.15) is 5.60 Å². The average molecular weight is 311 g/mol. The lowest BCUT2D eigenvalue weighted by Gasteiger charge is -2.48. The second-order valence-corrected chi connectivity index (χ2v) is 7.79. The van der Waals surface area contributed by atoms with Crippen LogP contribution in [0.25, 0.3) is 0 Å². The second-order valence-electron chi connectivity index (χ2n) is 7.79. The molecule has 2 bridgehead atoms. The quantitative estimate of drug-likeness (QED) is 0.750. The molecule has 2 rings (SSSR count). The topological polar surface area (TPSA) is 48.0 Å². The summed E-state index contributed by atoms with van der Waals surface area (Å²) in [4.78, 5) is 14.5. The minimum Gasteiger partial charge on any atom is -0.444 e. The van der Waals surface area contributed by atoms with Crippen LogP contribution < -0.4 is 0 Å². The minimum atomic E-state index is -0.708. The van der Waals surface area contributed by atoms with Gasteiger partial charge in [0.2, 0.25) is 0 Å². The Morgan fingerprint density at radius 2 is 2.05 bits per heavy atom. The van der Waals surface area contributed by atoms with E-state index in [1.54, 1.807) is 4.90 Å². The van der Waals surface area contributed by atoms with Crippen molar-refractivity contribution in [1.82, 2.24) is 4.90 Å². The van der Waals surface area contributed by atoms with E-state index >= 15 is 0 Å². The number of fused-ring (bicyclic) bond motifs is 2. The van der Waals surface area contributed by atoms with Gasteiger partial charge in [0.25, 0.3) is 0 Å². The van der Waals surface area contributed by atoms with Gasteiger partial charge >= 0.3 is 6.09 Å². The predicted octanol–water partition coefficient (Wildman–Crippen LogP) is 3.34. The Morgan fingerprint density at radius 3 is 2.55 bits per heavy atom. The molecular weight excluding hydrogens is 282 g/mol. The molecule has 0 unspecified atom stereocenters. The lowest BCUT2D eigenvalue weighted by molar-refractivity contribution is -0.189. The van der Waals surface area contributed by atoms with Gasteiger partial charge in [0, 0.05) is 5.41 Å². The van der Waals surface area contributed by atoms with Gasteiger partial charge in [-0.3, -0.25) is 4.90 Å². The van der Waals surface area contributed by atoms with E-state index < -0.39 is 11.3 Å². The van der Waals surface area contributed by atoms with Crippen LogP contribution in [0.5, 0.6) is 0 Å². The first-order valence-electron chi connectivity index (χ1n) is 7.98. The Kier molecular flexibility index (Phi) is 4.35. The van der Waals surface area contributed by atoms with E-state index in [0.29, 0.717) is 19.6 Å². The molecule has 0 aromatic rings. The molecule has 0 radical (unpaired) electrons. The number of morpholine rings is 1. The summed E-state index contributed by atoms with van der Waals surface area (Å²) in [5.74, 6) is 0. The maximum atomic E-state index is 12.7. The van der Waals surface area contributed by atoms with Crippen LogP contribution in [0.3, 0.4) is 0 Å². The summed E-state index contributed by atoms with van der Waals surface area (Å²) >= 11 is 0. The van der Waals surface area contributed by atoms with Crippen LogP contribution in [0.4, 0.5) is 4.79 Å². The molecule has 126 valence electrons. The normalized spacial score (nSPS) is 32.0. The Bertz CT molecular complexity index is 454. The van der Waals surface area contributed by atoms with Crippen LogP contribution in [0.15, 0.2) is 12.7 Å². The number of ether oxygens (including phenoxy) is 3. The van der Waals surface area contributed by atoms with E-state index in [1.165, 1.54) is 0 Å². The maximum Gasteiger partial charge on any atom is 0.413 e. The Labute approximate surface area is 133 Å². The fourth-order valence-electron chi connectivity index (χ4n) is 3.17. The van der Waals surface area contributed by atoms with Gasteiger partial charge in [0.15, 0.2) is 5.72 Å². The zero-order valence-electron chi connectivity index (χ0n) is 14.6. The molecule has 2 aliphatic rings. The zero-order valence-corrected chi connectivity index (χ0v) is 14.6. The van der Waals surface area contributed by atoms with Crippen LogP contribution in [0, 0.1) is 5.41 Å². The number of amides is 1. The first-order valence-corrected chi connectivity index (χ1v) is 7.98. The van der Waals surface area contributed by atoms with Crippen LogP contribution in [-0.2, 0) is 14.2 Å². The Morgan fingerprint density at radius 1 is 1.41 bits per heavy atom. The summed E-state index contributed by atoms with van der Waals surface area (Å²) in [6, 6.07) is -0.156. The lowest BCUT2D eigenvalue weighted by atomic mass is 9.81. The van der Waals surface area contributed by atoms with E-state index in [0.717, 1.165) is 0 Å². The van der Waals surface area contributed by atoms with Gasteiger partial charge in [-0.2, -0.15) is 0 Å². The van der Waals surface area contributed by atoms with Crippen molar-refractivity contribution in [3.63, 3.8) is 0 Å². The summed E-state index contributed by atoms with van der Waals surface area (Å²) in [6.45, 7) is 16.5. The van der Waals surface area contributed by atoms with Gasteiger partial charge in [-0.15, -0.1) is 6.58 Å². The monoisotopic (exact) mass is 311 g/mol. The Hall–Kier alpha value is -1.07. The van der Waals surface area contributed by atoms with Gasteiger partial charge < -0.3 is 14.2 Å². The summed E-state index contributed by atoms with van der Waals surface area (Å²) in [7, 11) is 0. The molecule has 2 fully saturated rings. The molecule has 0 aromatic carbocycles. The molecule has 0 spiro atoms. The molecule has 1 amide bonds. The SMILES string of the molecule is C=CC(C)(C)[C@H]1OC[C@]2(CC)OC[C@@H]1N2C(=O)OC(C)(C)C. The summed E-state index contributed by atoms with van der Waals surface area (Å²) < 4.78 is 17.7. The van der Waals surface area contributed by atoms with E-state index in [1.807, 2.05) is 33.8 Å². The van der Waals surface area contributed by atoms with Crippen LogP contribution in [0.2, 0.25) is 0 Å². The molecule has 0 aliphatic carbocycles. The number of carbonyl (C=O) groups is 1. The van der Waals surface area contributed by atoms with Crippen molar-refractivity contribution in [2.45, 2.75) is 71.4 Å². The number of rotatable bonds is 3. The van der Waals surface area contributed by atoms with Crippen LogP contribution in [0.1, 0.15) is 48.0 Å². The number of carbonyl (C=O) groups excluding carboxylic acids is 1. The Balaban J connectivity index is 2.32. The third-order valence-corrected chi connectivity index (χ3v) is 4.53. The molecule has 2 heterocycles. The van der Waals surface area contributed by atoms with Crippen LogP contribution in [-0.4, -0.2) is 47.7 Å². The highest BCUT2D eigenvalue weighted by molar-refractivity contribution is 5.70. The standard InChI is InChI=1S/C17H29NO4/c1-8-16(6,7)13-12-10-21-17(9-2,11-20-13)18(12)14(19)22-15(3,4)5/h8,12-13H,1,9-11H2,2-7H3/t12-,13-,17-/m0/s1. The van der Waals surface area contributed by atoms with Gasteiger partial charge in [-0.1, -0.05) is 26.8 Å². The first kappa shape index (κ1) is 17.3. The van der Waals surface area contributed by atoms with Crippen molar-refractivity contribution in [2.75, 3.05) is 13.2 Å². The zero-order chi connectivity index (χ0) is 16.8.